The molecule has 1 aromatic carbocycles. The van der Waals surface area contributed by atoms with Crippen molar-refractivity contribution < 1.29 is 4.79 Å². The van der Waals surface area contributed by atoms with Gasteiger partial charge in [-0.2, -0.15) is 0 Å². The minimum Gasteiger partial charge on any atom is -0.324 e. The predicted octanol–water partition coefficient (Wildman–Crippen LogP) is 3.87. The molecule has 23 heavy (non-hydrogen) atoms. The van der Waals surface area contributed by atoms with Crippen molar-refractivity contribution in [3.8, 4) is 0 Å². The van der Waals surface area contributed by atoms with E-state index in [1.807, 2.05) is 32.0 Å². The van der Waals surface area contributed by atoms with Crippen molar-refractivity contribution in [2.24, 2.45) is 0 Å². The van der Waals surface area contributed by atoms with E-state index in [0.717, 1.165) is 42.6 Å². The van der Waals surface area contributed by atoms with Crippen LogP contribution in [0.1, 0.15) is 44.2 Å². The Kier molecular flexibility index (Phi) is 6.22. The van der Waals surface area contributed by atoms with E-state index >= 15 is 0 Å². The summed E-state index contributed by atoms with van der Waals surface area (Å²) >= 11 is 0. The zero-order valence-corrected chi connectivity index (χ0v) is 14.8. The quantitative estimate of drug-likeness (QED) is 0.830. The number of amides is 1. The molecule has 0 spiro atoms. The van der Waals surface area contributed by atoms with Crippen LogP contribution >= 0.6 is 0 Å². The van der Waals surface area contributed by atoms with Gasteiger partial charge in [0.05, 0.1) is 6.54 Å². The van der Waals surface area contributed by atoms with Crippen molar-refractivity contribution in [2.45, 2.75) is 53.0 Å². The molecule has 1 N–H and O–H groups in total. The van der Waals surface area contributed by atoms with Gasteiger partial charge in [0, 0.05) is 24.5 Å². The van der Waals surface area contributed by atoms with E-state index in [0.29, 0.717) is 12.6 Å². The fraction of sp³-hybridized carbons (Fsp3) is 0.526. The second-order valence-electron chi connectivity index (χ2n) is 6.28. The molecular formula is C19H29N3O. The molecule has 0 saturated heterocycles. The highest BCUT2D eigenvalue weighted by Gasteiger charge is 2.24. The first-order valence-electron chi connectivity index (χ1n) is 8.62. The van der Waals surface area contributed by atoms with Gasteiger partial charge in [-0.05, 0) is 37.8 Å². The van der Waals surface area contributed by atoms with Gasteiger partial charge in [0.15, 0.2) is 0 Å². The molecule has 1 heterocycles. The fourth-order valence-electron chi connectivity index (χ4n) is 3.18. The maximum Gasteiger partial charge on any atom is 0.240 e. The van der Waals surface area contributed by atoms with Gasteiger partial charge >= 0.3 is 0 Å². The zero-order chi connectivity index (χ0) is 16.8. The van der Waals surface area contributed by atoms with Crippen LogP contribution in [-0.2, 0) is 4.79 Å². The maximum atomic E-state index is 12.5. The Bertz CT molecular complexity index is 547. The summed E-state index contributed by atoms with van der Waals surface area (Å²) in [6.07, 6.45) is 7.65. The average molecular weight is 315 g/mol. The number of nitrogens with zero attached hydrogens (tertiary/aromatic N) is 2. The van der Waals surface area contributed by atoms with E-state index in [2.05, 4.69) is 41.5 Å². The highest BCUT2D eigenvalue weighted by molar-refractivity contribution is 5.93. The molecule has 1 aliphatic heterocycles. The number of aryl methyl sites for hydroxylation is 2. The zero-order valence-electron chi connectivity index (χ0n) is 14.8. The molecule has 1 amide bonds. The van der Waals surface area contributed by atoms with E-state index in [1.54, 1.807) is 0 Å². The predicted molar refractivity (Wildman–Crippen MR) is 96.1 cm³/mol. The summed E-state index contributed by atoms with van der Waals surface area (Å²) < 4.78 is 0. The number of hydrogen-bond acceptors (Lipinski definition) is 3. The highest BCUT2D eigenvalue weighted by atomic mass is 16.2. The minimum absolute atomic E-state index is 0.0439. The summed E-state index contributed by atoms with van der Waals surface area (Å²) in [7, 11) is 0. The fourth-order valence-corrected chi connectivity index (χ4v) is 3.18. The summed E-state index contributed by atoms with van der Waals surface area (Å²) in [5, 5.41) is 7.46. The second kappa shape index (κ2) is 8.16. The Morgan fingerprint density at radius 2 is 1.96 bits per heavy atom. The number of carbonyl (C=O) groups excluding carboxylic acids is 1. The van der Waals surface area contributed by atoms with E-state index in [-0.39, 0.29) is 5.91 Å². The van der Waals surface area contributed by atoms with Crippen LogP contribution in [0.5, 0.6) is 0 Å². The van der Waals surface area contributed by atoms with Crippen LogP contribution in [0.4, 0.5) is 5.69 Å². The highest BCUT2D eigenvalue weighted by Crippen LogP contribution is 2.21. The van der Waals surface area contributed by atoms with Crippen molar-refractivity contribution >= 4 is 11.6 Å². The summed E-state index contributed by atoms with van der Waals surface area (Å²) in [5.74, 6) is 0.0439. The molecule has 4 nitrogen and oxygen atoms in total. The van der Waals surface area contributed by atoms with E-state index in [9.17, 15) is 4.79 Å². The summed E-state index contributed by atoms with van der Waals surface area (Å²) in [6, 6.07) is 6.55. The number of benzene rings is 1. The van der Waals surface area contributed by atoms with Gasteiger partial charge in [-0.3, -0.25) is 4.79 Å². The van der Waals surface area contributed by atoms with E-state index < -0.39 is 0 Å². The molecule has 1 unspecified atom stereocenters. The van der Waals surface area contributed by atoms with Crippen LogP contribution < -0.4 is 5.32 Å². The number of nitrogens with one attached hydrogen (secondary N) is 1. The Hall–Kier alpha value is -1.81. The largest absolute Gasteiger partial charge is 0.324 e. The van der Waals surface area contributed by atoms with Gasteiger partial charge < -0.3 is 10.3 Å². The maximum absolute atomic E-state index is 12.5. The Balaban J connectivity index is 1.99. The van der Waals surface area contributed by atoms with Crippen molar-refractivity contribution in [1.29, 1.82) is 0 Å². The lowest BCUT2D eigenvalue weighted by Crippen LogP contribution is -2.45. The van der Waals surface area contributed by atoms with E-state index in [1.165, 1.54) is 0 Å². The average Bonchev–Trinajstić information content (AvgIpc) is 2.96. The van der Waals surface area contributed by atoms with Gasteiger partial charge in [-0.25, -0.2) is 5.01 Å². The summed E-state index contributed by atoms with van der Waals surface area (Å²) in [5.41, 5.74) is 3.15. The molecule has 0 bridgehead atoms. The van der Waals surface area contributed by atoms with Crippen LogP contribution in [0.2, 0.25) is 0 Å². The molecule has 1 atom stereocenters. The molecule has 126 valence electrons. The topological polar surface area (TPSA) is 35.6 Å². The Labute approximate surface area is 140 Å². The first-order chi connectivity index (χ1) is 11.1. The second-order valence-corrected chi connectivity index (χ2v) is 6.28. The molecule has 1 aromatic rings. The lowest BCUT2D eigenvalue weighted by Gasteiger charge is -2.35. The SMILES string of the molecule is CCCC(CC)N1C=CCN1CC(=O)Nc1c(C)cccc1C. The number of carbonyl (C=O) groups is 1. The first-order valence-corrected chi connectivity index (χ1v) is 8.62. The Morgan fingerprint density at radius 3 is 2.57 bits per heavy atom. The van der Waals surface area contributed by atoms with Crippen LogP contribution in [0, 0.1) is 13.8 Å². The molecule has 0 aromatic heterocycles. The molecular weight excluding hydrogens is 286 g/mol. The Morgan fingerprint density at radius 1 is 1.26 bits per heavy atom. The molecule has 0 radical (unpaired) electrons. The standard InChI is InChI=1S/C19H29N3O/c1-5-9-17(6-2)22-13-8-12-21(22)14-18(23)20-19-15(3)10-7-11-16(19)4/h7-8,10-11,13,17H,5-6,9,12,14H2,1-4H3,(H,20,23). The molecule has 0 aliphatic carbocycles. The van der Waals surface area contributed by atoms with E-state index in [4.69, 9.17) is 0 Å². The third kappa shape index (κ3) is 4.35. The first kappa shape index (κ1) is 17.5. The van der Waals surface area contributed by atoms with Crippen molar-refractivity contribution in [2.75, 3.05) is 18.4 Å². The van der Waals surface area contributed by atoms with Crippen molar-refractivity contribution in [3.63, 3.8) is 0 Å². The lowest BCUT2D eigenvalue weighted by molar-refractivity contribution is -0.121. The minimum atomic E-state index is 0.0439. The van der Waals surface area contributed by atoms with Crippen LogP contribution in [0.15, 0.2) is 30.5 Å². The molecule has 0 fully saturated rings. The van der Waals surface area contributed by atoms with Gasteiger partial charge in [0.25, 0.3) is 0 Å². The van der Waals surface area contributed by atoms with Crippen molar-refractivity contribution in [3.05, 3.63) is 41.6 Å². The number of anilines is 1. The summed E-state index contributed by atoms with van der Waals surface area (Å²) in [6.45, 7) is 9.67. The van der Waals surface area contributed by atoms with Crippen LogP contribution in [0.25, 0.3) is 0 Å². The third-order valence-corrected chi connectivity index (χ3v) is 4.44. The number of hydrazine groups is 1. The number of para-hydroxylation sites is 1. The number of rotatable bonds is 7. The molecule has 0 saturated carbocycles. The number of hydrogen-bond donors (Lipinski definition) is 1. The van der Waals surface area contributed by atoms with Crippen molar-refractivity contribution in [1.82, 2.24) is 10.0 Å². The van der Waals surface area contributed by atoms with Gasteiger partial charge in [0.2, 0.25) is 5.91 Å². The van der Waals surface area contributed by atoms with Gasteiger partial charge in [-0.1, -0.05) is 44.5 Å². The third-order valence-electron chi connectivity index (χ3n) is 4.44. The molecule has 4 heteroatoms. The molecule has 2 rings (SSSR count). The molecule has 1 aliphatic rings. The smallest absolute Gasteiger partial charge is 0.240 e. The monoisotopic (exact) mass is 315 g/mol. The van der Waals surface area contributed by atoms with Gasteiger partial charge in [-0.15, -0.1) is 0 Å². The van der Waals surface area contributed by atoms with Gasteiger partial charge in [0.1, 0.15) is 0 Å². The summed E-state index contributed by atoms with van der Waals surface area (Å²) in [4.78, 5) is 12.5. The lowest BCUT2D eigenvalue weighted by atomic mass is 10.1. The van der Waals surface area contributed by atoms with Crippen LogP contribution in [0.3, 0.4) is 0 Å². The van der Waals surface area contributed by atoms with Crippen LogP contribution in [-0.4, -0.2) is 35.1 Å². The normalized spacial score (nSPS) is 15.9.